The Morgan fingerprint density at radius 3 is 2.56 bits per heavy atom. The summed E-state index contributed by atoms with van der Waals surface area (Å²) >= 11 is 1.82. The van der Waals surface area contributed by atoms with Crippen LogP contribution in [0.2, 0.25) is 0 Å². The standard InChI is InChI=1S/C14H23N3S/c1-9-8-18-14(16-9)10(2)17-12-4-5-13(17)7-11(6-12)15-3/h8,10-13,15H,4-7H2,1-3H3. The molecular weight excluding hydrogens is 242 g/mol. The fraction of sp³-hybridized carbons (Fsp3) is 0.786. The molecule has 0 spiro atoms. The first-order valence-electron chi connectivity index (χ1n) is 7.05. The highest BCUT2D eigenvalue weighted by Gasteiger charge is 2.43. The van der Waals surface area contributed by atoms with Crippen molar-refractivity contribution in [2.24, 2.45) is 0 Å². The van der Waals surface area contributed by atoms with Crippen molar-refractivity contribution in [1.82, 2.24) is 15.2 Å². The van der Waals surface area contributed by atoms with E-state index in [2.05, 4.69) is 41.5 Å². The van der Waals surface area contributed by atoms with Gasteiger partial charge < -0.3 is 5.32 Å². The van der Waals surface area contributed by atoms with E-state index in [9.17, 15) is 0 Å². The summed E-state index contributed by atoms with van der Waals surface area (Å²) in [6.45, 7) is 4.43. The van der Waals surface area contributed by atoms with Gasteiger partial charge in [0.2, 0.25) is 0 Å². The third-order valence-electron chi connectivity index (χ3n) is 4.64. The Morgan fingerprint density at radius 1 is 1.39 bits per heavy atom. The van der Waals surface area contributed by atoms with Crippen molar-refractivity contribution in [3.05, 3.63) is 16.1 Å². The molecule has 3 unspecified atom stereocenters. The maximum absolute atomic E-state index is 4.68. The lowest BCUT2D eigenvalue weighted by Crippen LogP contribution is -2.49. The lowest BCUT2D eigenvalue weighted by Gasteiger charge is -2.41. The second-order valence-electron chi connectivity index (χ2n) is 5.79. The van der Waals surface area contributed by atoms with E-state index in [0.29, 0.717) is 6.04 Å². The highest BCUT2D eigenvalue weighted by molar-refractivity contribution is 7.09. The number of hydrogen-bond acceptors (Lipinski definition) is 4. The average molecular weight is 265 g/mol. The van der Waals surface area contributed by atoms with Gasteiger partial charge in [-0.3, -0.25) is 4.90 Å². The van der Waals surface area contributed by atoms with Crippen molar-refractivity contribution in [3.63, 3.8) is 0 Å². The van der Waals surface area contributed by atoms with Crippen LogP contribution in [-0.4, -0.2) is 35.1 Å². The maximum Gasteiger partial charge on any atom is 0.110 e. The highest BCUT2D eigenvalue weighted by Crippen LogP contribution is 2.41. The minimum Gasteiger partial charge on any atom is -0.317 e. The molecule has 3 nitrogen and oxygen atoms in total. The van der Waals surface area contributed by atoms with Crippen molar-refractivity contribution in [3.8, 4) is 0 Å². The van der Waals surface area contributed by atoms with E-state index in [4.69, 9.17) is 0 Å². The molecule has 3 heterocycles. The van der Waals surface area contributed by atoms with Gasteiger partial charge in [0.25, 0.3) is 0 Å². The van der Waals surface area contributed by atoms with Gasteiger partial charge in [0.05, 0.1) is 6.04 Å². The molecule has 1 aromatic heterocycles. The van der Waals surface area contributed by atoms with Crippen LogP contribution in [0.4, 0.5) is 0 Å². The summed E-state index contributed by atoms with van der Waals surface area (Å²) in [5.41, 5.74) is 1.17. The Labute approximate surface area is 114 Å². The molecule has 4 heteroatoms. The molecule has 2 bridgehead atoms. The fourth-order valence-electron chi connectivity index (χ4n) is 3.77. The van der Waals surface area contributed by atoms with Gasteiger partial charge in [-0.25, -0.2) is 4.98 Å². The van der Waals surface area contributed by atoms with Crippen LogP contribution in [0.25, 0.3) is 0 Å². The zero-order valence-corrected chi connectivity index (χ0v) is 12.3. The Bertz CT molecular complexity index is 403. The number of rotatable bonds is 3. The molecule has 1 N–H and O–H groups in total. The summed E-state index contributed by atoms with van der Waals surface area (Å²) in [6, 6.07) is 2.75. The van der Waals surface area contributed by atoms with Gasteiger partial charge in [0, 0.05) is 29.2 Å². The van der Waals surface area contributed by atoms with Crippen LogP contribution in [0.5, 0.6) is 0 Å². The predicted octanol–water partition coefficient (Wildman–Crippen LogP) is 2.73. The van der Waals surface area contributed by atoms with Gasteiger partial charge in [-0.2, -0.15) is 0 Å². The largest absolute Gasteiger partial charge is 0.317 e. The molecule has 0 aromatic carbocycles. The van der Waals surface area contributed by atoms with E-state index in [1.54, 1.807) is 0 Å². The van der Waals surface area contributed by atoms with E-state index < -0.39 is 0 Å². The quantitative estimate of drug-likeness (QED) is 0.911. The average Bonchev–Trinajstić information content (AvgIpc) is 2.90. The molecule has 1 aromatic rings. The number of thiazole rings is 1. The molecule has 2 aliphatic heterocycles. The molecule has 0 saturated carbocycles. The Morgan fingerprint density at radius 2 is 2.06 bits per heavy atom. The first-order valence-corrected chi connectivity index (χ1v) is 7.93. The predicted molar refractivity (Wildman–Crippen MR) is 76.0 cm³/mol. The maximum atomic E-state index is 4.68. The molecule has 3 atom stereocenters. The Kier molecular flexibility index (Phi) is 3.43. The van der Waals surface area contributed by atoms with E-state index in [-0.39, 0.29) is 0 Å². The highest BCUT2D eigenvalue weighted by atomic mass is 32.1. The van der Waals surface area contributed by atoms with Crippen LogP contribution in [0.15, 0.2) is 5.38 Å². The molecule has 0 amide bonds. The number of hydrogen-bond donors (Lipinski definition) is 1. The monoisotopic (exact) mass is 265 g/mol. The molecule has 2 saturated heterocycles. The van der Waals surface area contributed by atoms with Gasteiger partial charge in [0.1, 0.15) is 5.01 Å². The third-order valence-corrected chi connectivity index (χ3v) is 5.77. The molecule has 2 fully saturated rings. The van der Waals surface area contributed by atoms with Crippen LogP contribution in [0.1, 0.15) is 49.4 Å². The molecule has 0 aliphatic carbocycles. The van der Waals surface area contributed by atoms with Crippen molar-refractivity contribution >= 4 is 11.3 Å². The first kappa shape index (κ1) is 12.6. The van der Waals surface area contributed by atoms with E-state index in [0.717, 1.165) is 18.1 Å². The normalized spacial score (nSPS) is 33.8. The minimum absolute atomic E-state index is 0.499. The van der Waals surface area contributed by atoms with Crippen LogP contribution in [0, 0.1) is 6.92 Å². The molecule has 18 heavy (non-hydrogen) atoms. The number of aryl methyl sites for hydroxylation is 1. The van der Waals surface area contributed by atoms with Crippen LogP contribution < -0.4 is 5.32 Å². The van der Waals surface area contributed by atoms with Crippen LogP contribution in [0.3, 0.4) is 0 Å². The lowest BCUT2D eigenvalue weighted by molar-refractivity contribution is 0.0787. The van der Waals surface area contributed by atoms with E-state index in [1.807, 2.05) is 11.3 Å². The summed E-state index contributed by atoms with van der Waals surface area (Å²) in [7, 11) is 2.10. The van der Waals surface area contributed by atoms with Gasteiger partial charge >= 0.3 is 0 Å². The number of nitrogens with zero attached hydrogens (tertiary/aromatic N) is 2. The van der Waals surface area contributed by atoms with Crippen molar-refractivity contribution in [2.75, 3.05) is 7.05 Å². The van der Waals surface area contributed by atoms with Gasteiger partial charge in [-0.1, -0.05) is 0 Å². The number of fused-ring (bicyclic) bond motifs is 2. The molecule has 0 radical (unpaired) electrons. The summed E-state index contributed by atoms with van der Waals surface area (Å²) in [5, 5.41) is 6.94. The molecule has 100 valence electrons. The molecular formula is C14H23N3S. The first-order chi connectivity index (χ1) is 8.69. The number of piperidine rings is 1. The number of nitrogens with one attached hydrogen (secondary N) is 1. The topological polar surface area (TPSA) is 28.2 Å². The van der Waals surface area contributed by atoms with Gasteiger partial charge in [0.15, 0.2) is 0 Å². The Hall–Kier alpha value is -0.450. The molecule has 2 aliphatic rings. The second kappa shape index (κ2) is 4.91. The number of aromatic nitrogens is 1. The zero-order valence-electron chi connectivity index (χ0n) is 11.5. The summed E-state index contributed by atoms with van der Waals surface area (Å²) < 4.78 is 0. The summed E-state index contributed by atoms with van der Waals surface area (Å²) in [5.74, 6) is 0. The zero-order chi connectivity index (χ0) is 12.7. The van der Waals surface area contributed by atoms with E-state index >= 15 is 0 Å². The van der Waals surface area contributed by atoms with Crippen LogP contribution in [-0.2, 0) is 0 Å². The second-order valence-corrected chi connectivity index (χ2v) is 6.68. The minimum atomic E-state index is 0.499. The fourth-order valence-corrected chi connectivity index (χ4v) is 4.63. The smallest absolute Gasteiger partial charge is 0.110 e. The van der Waals surface area contributed by atoms with Crippen molar-refractivity contribution in [2.45, 2.75) is 63.7 Å². The third kappa shape index (κ3) is 2.10. The summed E-state index contributed by atoms with van der Waals surface area (Å²) in [6.07, 6.45) is 5.36. The Balaban J connectivity index is 1.77. The van der Waals surface area contributed by atoms with E-state index in [1.165, 1.54) is 36.4 Å². The van der Waals surface area contributed by atoms with Crippen molar-refractivity contribution in [1.29, 1.82) is 0 Å². The van der Waals surface area contributed by atoms with Gasteiger partial charge in [-0.05, 0) is 46.6 Å². The molecule has 3 rings (SSSR count). The van der Waals surface area contributed by atoms with Crippen molar-refractivity contribution < 1.29 is 0 Å². The van der Waals surface area contributed by atoms with Crippen LogP contribution >= 0.6 is 11.3 Å². The lowest BCUT2D eigenvalue weighted by atomic mass is 9.96. The SMILES string of the molecule is CNC1CC2CCC(C1)N2C(C)c1nc(C)cs1. The van der Waals surface area contributed by atoms with Gasteiger partial charge in [-0.15, -0.1) is 11.3 Å². The summed E-state index contributed by atoms with van der Waals surface area (Å²) in [4.78, 5) is 7.43.